The van der Waals surface area contributed by atoms with Crippen molar-refractivity contribution in [3.05, 3.63) is 71.1 Å². The number of esters is 1. The van der Waals surface area contributed by atoms with E-state index in [2.05, 4.69) is 29.6 Å². The van der Waals surface area contributed by atoms with Crippen LogP contribution in [0, 0.1) is 5.92 Å². The molecule has 2 N–H and O–H groups in total. The maximum atomic E-state index is 13.3. The summed E-state index contributed by atoms with van der Waals surface area (Å²) in [6.07, 6.45) is 3.87. The molecule has 3 heterocycles. The maximum absolute atomic E-state index is 13.3. The van der Waals surface area contributed by atoms with E-state index >= 15 is 0 Å². The molecule has 2 aromatic carbocycles. The van der Waals surface area contributed by atoms with Gasteiger partial charge in [0, 0.05) is 37.0 Å². The monoisotopic (exact) mass is 607 g/mol. The van der Waals surface area contributed by atoms with E-state index in [1.54, 1.807) is 60.8 Å². The first-order chi connectivity index (χ1) is 20.7. The Morgan fingerprint density at radius 3 is 2.70 bits per heavy atom. The number of carbonyl (C=O) groups excluding carboxylic acids is 3. The number of aromatic nitrogens is 1. The van der Waals surface area contributed by atoms with E-state index in [1.165, 1.54) is 5.38 Å². The fourth-order valence-corrected chi connectivity index (χ4v) is 5.28. The van der Waals surface area contributed by atoms with Gasteiger partial charge in [0.2, 0.25) is 0 Å². The van der Waals surface area contributed by atoms with E-state index < -0.39 is 18.0 Å². The van der Waals surface area contributed by atoms with Crippen molar-refractivity contribution < 1.29 is 33.4 Å². The van der Waals surface area contributed by atoms with Crippen molar-refractivity contribution in [3.8, 4) is 17.2 Å². The Labute approximate surface area is 253 Å². The Bertz CT molecular complexity index is 1530. The minimum atomic E-state index is -0.666. The zero-order chi connectivity index (χ0) is 30.5. The smallest absolute Gasteiger partial charge is 0.357 e. The number of rotatable bonds is 11. The Balaban J connectivity index is 1.42. The van der Waals surface area contributed by atoms with Crippen molar-refractivity contribution in [1.29, 1.82) is 0 Å². The highest BCUT2D eigenvalue weighted by molar-refractivity contribution is 7.14. The first-order valence-electron chi connectivity index (χ1n) is 13.9. The van der Waals surface area contributed by atoms with Crippen LogP contribution >= 0.6 is 11.3 Å². The molecule has 0 radical (unpaired) electrons. The summed E-state index contributed by atoms with van der Waals surface area (Å²) in [5, 5.41) is 6.03. The van der Waals surface area contributed by atoms with Gasteiger partial charge in [-0.1, -0.05) is 13.8 Å². The van der Waals surface area contributed by atoms with E-state index in [9.17, 15) is 14.4 Å². The predicted octanol–water partition coefficient (Wildman–Crippen LogP) is 4.90. The standard InChI is InChI=1S/C30H33N5O7S/c1-5-39-29(38)24-17-43-30(32-24)33-27(36)20-14-22(16-23(15-20)42-26-8-10-34(4)28(26)37)41-21-6-7-25(35-31-9-11-40-35)19(13-21)12-18(2)3/h6-7,9,11,13-18,26,31H,5,8,10,12H2,1-4H3,(H,32,33,36). The van der Waals surface area contributed by atoms with Crippen molar-refractivity contribution in [1.82, 2.24) is 15.3 Å². The highest BCUT2D eigenvalue weighted by atomic mass is 32.1. The molecule has 12 nitrogen and oxygen atoms in total. The number of hydrogen-bond donors (Lipinski definition) is 2. The van der Waals surface area contributed by atoms with Gasteiger partial charge in [0.1, 0.15) is 29.2 Å². The third kappa shape index (κ3) is 7.17. The molecule has 2 aliphatic rings. The number of hydrogen-bond acceptors (Lipinski definition) is 11. The molecule has 2 aliphatic heterocycles. The van der Waals surface area contributed by atoms with Crippen LogP contribution in [0.4, 0.5) is 10.8 Å². The Kier molecular flexibility index (Phi) is 9.00. The lowest BCUT2D eigenvalue weighted by atomic mass is 10.0. The topological polar surface area (TPSA) is 132 Å². The molecule has 2 amide bonds. The van der Waals surface area contributed by atoms with Crippen LogP contribution in [0.2, 0.25) is 0 Å². The van der Waals surface area contributed by atoms with Crippen LogP contribution in [0.1, 0.15) is 53.6 Å². The molecule has 1 saturated heterocycles. The number of likely N-dealkylation sites (tertiary alicyclic amines) is 1. The third-order valence-corrected chi connectivity index (χ3v) is 7.33. The van der Waals surface area contributed by atoms with Crippen molar-refractivity contribution >= 4 is 39.9 Å². The van der Waals surface area contributed by atoms with Crippen molar-refractivity contribution in [3.63, 3.8) is 0 Å². The zero-order valence-corrected chi connectivity index (χ0v) is 25.1. The van der Waals surface area contributed by atoms with Gasteiger partial charge in [0.15, 0.2) is 16.9 Å². The van der Waals surface area contributed by atoms with E-state index in [0.717, 1.165) is 29.0 Å². The summed E-state index contributed by atoms with van der Waals surface area (Å²) in [7, 11) is 1.72. The lowest BCUT2D eigenvalue weighted by Crippen LogP contribution is -2.29. The average molecular weight is 608 g/mol. The molecule has 3 aromatic rings. The van der Waals surface area contributed by atoms with Crippen LogP contribution < -0.4 is 25.4 Å². The molecule has 1 aromatic heterocycles. The highest BCUT2D eigenvalue weighted by Gasteiger charge is 2.31. The Morgan fingerprint density at radius 2 is 2.00 bits per heavy atom. The number of nitrogens with one attached hydrogen (secondary N) is 2. The maximum Gasteiger partial charge on any atom is 0.357 e. The quantitative estimate of drug-likeness (QED) is 0.290. The molecule has 0 spiro atoms. The van der Waals surface area contributed by atoms with Gasteiger partial charge in [-0.15, -0.1) is 16.5 Å². The number of thiazole rings is 1. The molecule has 0 aliphatic carbocycles. The van der Waals surface area contributed by atoms with Gasteiger partial charge in [0.25, 0.3) is 11.8 Å². The minimum Gasteiger partial charge on any atom is -0.480 e. The Hall–Kier alpha value is -4.78. The van der Waals surface area contributed by atoms with Gasteiger partial charge < -0.3 is 23.9 Å². The molecule has 0 saturated carbocycles. The second-order valence-corrected chi connectivity index (χ2v) is 11.2. The number of carbonyl (C=O) groups is 3. The van der Waals surface area contributed by atoms with Crippen molar-refractivity contribution in [2.45, 2.75) is 39.7 Å². The van der Waals surface area contributed by atoms with Crippen LogP contribution in [0.25, 0.3) is 0 Å². The van der Waals surface area contributed by atoms with E-state index in [1.807, 2.05) is 12.1 Å². The summed E-state index contributed by atoms with van der Waals surface area (Å²) in [5.41, 5.74) is 5.20. The molecule has 43 heavy (non-hydrogen) atoms. The summed E-state index contributed by atoms with van der Waals surface area (Å²) in [5.74, 6) is 0.376. The molecular formula is C30H33N5O7S. The number of hydrazine groups is 1. The van der Waals surface area contributed by atoms with Crippen molar-refractivity contribution in [2.75, 3.05) is 30.7 Å². The van der Waals surface area contributed by atoms with Crippen LogP contribution in [0.3, 0.4) is 0 Å². The van der Waals surface area contributed by atoms with Gasteiger partial charge in [0.05, 0.1) is 12.8 Å². The normalized spacial score (nSPS) is 15.8. The summed E-state index contributed by atoms with van der Waals surface area (Å²) in [6, 6.07) is 10.4. The number of ether oxygens (including phenoxy) is 3. The van der Waals surface area contributed by atoms with Crippen LogP contribution in [-0.4, -0.2) is 54.0 Å². The second kappa shape index (κ2) is 13.0. The zero-order valence-electron chi connectivity index (χ0n) is 24.3. The summed E-state index contributed by atoms with van der Waals surface area (Å²) in [4.78, 5) is 49.1. The molecule has 0 bridgehead atoms. The second-order valence-electron chi connectivity index (χ2n) is 10.4. The van der Waals surface area contributed by atoms with Gasteiger partial charge in [-0.2, -0.15) is 0 Å². The average Bonchev–Trinajstić information content (AvgIpc) is 3.73. The molecule has 5 rings (SSSR count). The molecule has 13 heteroatoms. The number of amides is 2. The van der Waals surface area contributed by atoms with E-state index in [0.29, 0.717) is 36.1 Å². The van der Waals surface area contributed by atoms with Gasteiger partial charge in [-0.25, -0.2) is 9.78 Å². The number of anilines is 2. The number of nitrogens with zero attached hydrogens (tertiary/aromatic N) is 3. The number of likely N-dealkylation sites (N-methyl/N-ethyl adjacent to an activating group) is 1. The molecule has 1 unspecified atom stereocenters. The molecular weight excluding hydrogens is 574 g/mol. The van der Waals surface area contributed by atoms with Gasteiger partial charge >= 0.3 is 5.97 Å². The SMILES string of the molecule is CCOC(=O)c1csc(NC(=O)c2cc(Oc3ccc(N4NC=CO4)c(CC(C)C)c3)cc(OC3CCN(C)C3=O)c2)n1. The molecule has 1 fully saturated rings. The third-order valence-electron chi connectivity index (χ3n) is 6.57. The first kappa shape index (κ1) is 29.7. The van der Waals surface area contributed by atoms with E-state index in [4.69, 9.17) is 19.0 Å². The largest absolute Gasteiger partial charge is 0.480 e. The first-order valence-corrected chi connectivity index (χ1v) is 14.8. The number of benzene rings is 2. The lowest BCUT2D eigenvalue weighted by molar-refractivity contribution is -0.132. The fraction of sp³-hybridized carbons (Fsp3) is 0.333. The minimum absolute atomic E-state index is 0.109. The highest BCUT2D eigenvalue weighted by Crippen LogP contribution is 2.34. The molecule has 1 atom stereocenters. The van der Waals surface area contributed by atoms with Gasteiger partial charge in [-0.3, -0.25) is 20.3 Å². The summed E-state index contributed by atoms with van der Waals surface area (Å²) >= 11 is 1.10. The van der Waals surface area contributed by atoms with Gasteiger partial charge in [-0.05, 0) is 55.2 Å². The lowest BCUT2D eigenvalue weighted by Gasteiger charge is -2.21. The van der Waals surface area contributed by atoms with Crippen LogP contribution in [0.5, 0.6) is 17.2 Å². The Morgan fingerprint density at radius 1 is 1.19 bits per heavy atom. The predicted molar refractivity (Wildman–Crippen MR) is 160 cm³/mol. The van der Waals surface area contributed by atoms with Crippen LogP contribution in [0.15, 0.2) is 54.2 Å². The molecule has 226 valence electrons. The summed E-state index contributed by atoms with van der Waals surface area (Å²) in [6.45, 7) is 6.75. The fourth-order valence-electron chi connectivity index (χ4n) is 4.60. The van der Waals surface area contributed by atoms with Crippen molar-refractivity contribution in [2.24, 2.45) is 5.92 Å². The van der Waals surface area contributed by atoms with E-state index in [-0.39, 0.29) is 28.9 Å². The summed E-state index contributed by atoms with van der Waals surface area (Å²) < 4.78 is 17.3. The van der Waals surface area contributed by atoms with Crippen LogP contribution in [-0.2, 0) is 20.8 Å².